The summed E-state index contributed by atoms with van der Waals surface area (Å²) in [4.78, 5) is 24.8. The molecule has 0 unspecified atom stereocenters. The van der Waals surface area contributed by atoms with E-state index in [0.29, 0.717) is 6.42 Å². The van der Waals surface area contributed by atoms with Gasteiger partial charge < -0.3 is 24.4 Å². The molecule has 0 amide bonds. The predicted octanol–water partition coefficient (Wildman–Crippen LogP) is 0.961. The van der Waals surface area contributed by atoms with Crippen molar-refractivity contribution < 1.29 is 34.0 Å². The normalized spacial score (nSPS) is 51.6. The van der Waals surface area contributed by atoms with Gasteiger partial charge in [0.15, 0.2) is 0 Å². The molecular weight excluding hydrogens is 352 g/mol. The zero-order valence-electron chi connectivity index (χ0n) is 16.2. The molecule has 4 aliphatic rings. The lowest BCUT2D eigenvalue weighted by Gasteiger charge is -2.38. The van der Waals surface area contributed by atoms with E-state index in [1.165, 1.54) is 0 Å². The van der Waals surface area contributed by atoms with Crippen molar-refractivity contribution in [2.75, 3.05) is 0 Å². The summed E-state index contributed by atoms with van der Waals surface area (Å²) in [7, 11) is 0. The second-order valence-electron chi connectivity index (χ2n) is 9.03. The van der Waals surface area contributed by atoms with Crippen molar-refractivity contribution in [1.29, 1.82) is 0 Å². The van der Waals surface area contributed by atoms with E-state index in [0.717, 1.165) is 0 Å². The van der Waals surface area contributed by atoms with Crippen molar-refractivity contribution in [2.24, 2.45) is 23.7 Å². The van der Waals surface area contributed by atoms with Crippen LogP contribution in [0.1, 0.15) is 40.5 Å². The summed E-state index contributed by atoms with van der Waals surface area (Å²) in [5, 5.41) is 22.0. The summed E-state index contributed by atoms with van der Waals surface area (Å²) in [6.07, 6.45) is -1.91. The summed E-state index contributed by atoms with van der Waals surface area (Å²) < 4.78 is 17.1. The Hall–Kier alpha value is -1.44. The number of aliphatic hydroxyl groups is 2. The average Bonchev–Trinajstić information content (AvgIpc) is 3.14. The van der Waals surface area contributed by atoms with E-state index in [-0.39, 0.29) is 30.0 Å². The van der Waals surface area contributed by atoms with Crippen LogP contribution in [0, 0.1) is 23.7 Å². The van der Waals surface area contributed by atoms with Crippen LogP contribution < -0.4 is 0 Å². The first-order chi connectivity index (χ1) is 12.5. The highest BCUT2D eigenvalue weighted by atomic mass is 16.6. The number of ether oxygens (including phenoxy) is 3. The average molecular weight is 380 g/mol. The zero-order valence-corrected chi connectivity index (χ0v) is 16.2. The van der Waals surface area contributed by atoms with Gasteiger partial charge in [0.1, 0.15) is 23.9 Å². The number of hydrogen-bond donors (Lipinski definition) is 2. The Balaban J connectivity index is 1.74. The van der Waals surface area contributed by atoms with Crippen LogP contribution in [-0.2, 0) is 23.8 Å². The lowest BCUT2D eigenvalue weighted by Crippen LogP contribution is -2.48. The molecular formula is C20H28O7. The first-order valence-corrected chi connectivity index (χ1v) is 9.71. The summed E-state index contributed by atoms with van der Waals surface area (Å²) in [6, 6.07) is 0. The van der Waals surface area contributed by atoms with Crippen LogP contribution in [0.15, 0.2) is 12.2 Å². The highest BCUT2D eigenvalue weighted by Crippen LogP contribution is 2.64. The third kappa shape index (κ3) is 2.51. The number of carbonyl (C=O) groups is 2. The third-order valence-corrected chi connectivity index (χ3v) is 7.25. The minimum Gasteiger partial charge on any atom is -0.461 e. The van der Waals surface area contributed by atoms with Gasteiger partial charge in [0.05, 0.1) is 23.5 Å². The maximum absolute atomic E-state index is 12.5. The smallest absolute Gasteiger partial charge is 0.334 e. The van der Waals surface area contributed by atoms with E-state index in [9.17, 15) is 19.8 Å². The van der Waals surface area contributed by atoms with Gasteiger partial charge in [0.2, 0.25) is 0 Å². The van der Waals surface area contributed by atoms with Gasteiger partial charge >= 0.3 is 11.9 Å². The van der Waals surface area contributed by atoms with E-state index in [1.54, 1.807) is 13.8 Å². The Bertz CT molecular complexity index is 700. The molecule has 2 saturated carbocycles. The van der Waals surface area contributed by atoms with Crippen LogP contribution in [-0.4, -0.2) is 57.8 Å². The molecule has 2 aliphatic carbocycles. The molecule has 0 radical (unpaired) electrons. The van der Waals surface area contributed by atoms with E-state index >= 15 is 0 Å². The molecule has 2 saturated heterocycles. The van der Waals surface area contributed by atoms with Crippen LogP contribution >= 0.6 is 0 Å². The lowest BCUT2D eigenvalue weighted by molar-refractivity contribution is -0.160. The molecule has 4 rings (SSSR count). The Morgan fingerprint density at radius 2 is 2.07 bits per heavy atom. The third-order valence-electron chi connectivity index (χ3n) is 7.25. The van der Waals surface area contributed by atoms with Crippen molar-refractivity contribution in [3.05, 3.63) is 12.2 Å². The van der Waals surface area contributed by atoms with Gasteiger partial charge in [-0.15, -0.1) is 0 Å². The predicted molar refractivity (Wildman–Crippen MR) is 93.4 cm³/mol. The van der Waals surface area contributed by atoms with Crippen LogP contribution in [0.2, 0.25) is 0 Å². The van der Waals surface area contributed by atoms with Crippen LogP contribution in [0.4, 0.5) is 0 Å². The summed E-state index contributed by atoms with van der Waals surface area (Å²) >= 11 is 0. The molecule has 4 fully saturated rings. The SMILES string of the molecule is C=C1C(=O)O[C@@H]2[C@H]1[C@H](OC(=O)[C@@H](C)CC)C[C@@](C)(O)[C@@H]1[C@H](O)[C@H]3O[C@@]3(C)[C@H]21. The summed E-state index contributed by atoms with van der Waals surface area (Å²) in [5.74, 6) is -2.67. The standard InChI is InChI=1S/C20H28O7/c1-6-8(2)17(22)25-10-7-19(4,24)12-13(20(5)16(27-20)14(12)21)15-11(10)9(3)18(23)26-15/h8,10-16,21,24H,3,6-7H2,1-2,4-5H3/t8-,10+,11+,12-,13-,14-,15+,16+,19+,20-/m0/s1. The molecule has 2 heterocycles. The molecule has 0 aromatic carbocycles. The van der Waals surface area contributed by atoms with Crippen molar-refractivity contribution in [2.45, 2.75) is 76.2 Å². The van der Waals surface area contributed by atoms with Gasteiger partial charge in [0.25, 0.3) is 0 Å². The van der Waals surface area contributed by atoms with Crippen LogP contribution in [0.25, 0.3) is 0 Å². The molecule has 7 heteroatoms. The van der Waals surface area contributed by atoms with Gasteiger partial charge in [0, 0.05) is 23.8 Å². The number of rotatable bonds is 3. The van der Waals surface area contributed by atoms with Crippen molar-refractivity contribution in [1.82, 2.24) is 0 Å². The highest BCUT2D eigenvalue weighted by Gasteiger charge is 2.78. The molecule has 0 aromatic rings. The fourth-order valence-corrected chi connectivity index (χ4v) is 5.52. The molecule has 27 heavy (non-hydrogen) atoms. The van der Waals surface area contributed by atoms with E-state index < -0.39 is 53.2 Å². The zero-order chi connectivity index (χ0) is 19.9. The van der Waals surface area contributed by atoms with Gasteiger partial charge in [-0.3, -0.25) is 4.79 Å². The molecule has 0 bridgehead atoms. The summed E-state index contributed by atoms with van der Waals surface area (Å²) in [6.45, 7) is 11.1. The Kier molecular flexibility index (Phi) is 4.05. The summed E-state index contributed by atoms with van der Waals surface area (Å²) in [5.41, 5.74) is -1.72. The molecule has 7 nitrogen and oxygen atoms in total. The first-order valence-electron chi connectivity index (χ1n) is 9.71. The molecule has 2 N–H and O–H groups in total. The number of epoxide rings is 1. The molecule has 2 aliphatic heterocycles. The molecule has 150 valence electrons. The largest absolute Gasteiger partial charge is 0.461 e. The Morgan fingerprint density at radius 3 is 2.70 bits per heavy atom. The number of aliphatic hydroxyl groups excluding tert-OH is 1. The lowest BCUT2D eigenvalue weighted by atomic mass is 9.74. The fourth-order valence-electron chi connectivity index (χ4n) is 5.52. The van der Waals surface area contributed by atoms with Gasteiger partial charge in [-0.2, -0.15) is 0 Å². The Labute approximate surface area is 158 Å². The second kappa shape index (κ2) is 5.78. The maximum Gasteiger partial charge on any atom is 0.334 e. The van der Waals surface area contributed by atoms with E-state index in [2.05, 4.69) is 6.58 Å². The molecule has 0 spiro atoms. The van der Waals surface area contributed by atoms with Crippen LogP contribution in [0.5, 0.6) is 0 Å². The highest BCUT2D eigenvalue weighted by molar-refractivity contribution is 5.91. The monoisotopic (exact) mass is 380 g/mol. The van der Waals surface area contributed by atoms with Gasteiger partial charge in [-0.1, -0.05) is 20.4 Å². The van der Waals surface area contributed by atoms with Crippen molar-refractivity contribution in [3.8, 4) is 0 Å². The Morgan fingerprint density at radius 1 is 1.41 bits per heavy atom. The molecule has 0 aromatic heterocycles. The van der Waals surface area contributed by atoms with E-state index in [1.807, 2.05) is 13.8 Å². The minimum atomic E-state index is -1.30. The van der Waals surface area contributed by atoms with Crippen molar-refractivity contribution in [3.63, 3.8) is 0 Å². The number of fused-ring (bicyclic) bond motifs is 5. The van der Waals surface area contributed by atoms with Gasteiger partial charge in [-0.05, 0) is 20.3 Å². The van der Waals surface area contributed by atoms with Crippen LogP contribution in [0.3, 0.4) is 0 Å². The fraction of sp³-hybridized carbons (Fsp3) is 0.800. The first kappa shape index (κ1) is 18.9. The topological polar surface area (TPSA) is 106 Å². The minimum absolute atomic E-state index is 0.104. The number of hydrogen-bond acceptors (Lipinski definition) is 7. The van der Waals surface area contributed by atoms with Crippen molar-refractivity contribution >= 4 is 11.9 Å². The molecule has 10 atom stereocenters. The van der Waals surface area contributed by atoms with E-state index in [4.69, 9.17) is 14.2 Å². The van der Waals surface area contributed by atoms with Gasteiger partial charge in [-0.25, -0.2) is 4.79 Å². The number of carbonyl (C=O) groups excluding carboxylic acids is 2. The second-order valence-corrected chi connectivity index (χ2v) is 9.03. The quantitative estimate of drug-likeness (QED) is 0.427. The maximum atomic E-state index is 12.5. The number of esters is 2.